The molecule has 1 aromatic rings. The third-order valence-electron chi connectivity index (χ3n) is 2.98. The fourth-order valence-corrected chi connectivity index (χ4v) is 2.46. The van der Waals surface area contributed by atoms with Gasteiger partial charge in [0.2, 0.25) is 6.08 Å². The summed E-state index contributed by atoms with van der Waals surface area (Å²) in [5.41, 5.74) is -1.47. The van der Waals surface area contributed by atoms with Gasteiger partial charge in [0.15, 0.2) is 0 Å². The number of hydrogen-bond acceptors (Lipinski definition) is 3. The highest BCUT2D eigenvalue weighted by molar-refractivity contribution is 5.41. The predicted octanol–water partition coefficient (Wildman–Crippen LogP) is 1.90. The number of halogens is 1. The average molecular weight is 221 g/mol. The van der Waals surface area contributed by atoms with Crippen LogP contribution in [-0.4, -0.2) is 16.8 Å². The quantitative estimate of drug-likeness (QED) is 0.612. The van der Waals surface area contributed by atoms with Gasteiger partial charge in [-0.3, -0.25) is 0 Å². The van der Waals surface area contributed by atoms with Crippen LogP contribution in [0, 0.1) is 5.82 Å². The summed E-state index contributed by atoms with van der Waals surface area (Å²) < 4.78 is 13.6. The van der Waals surface area contributed by atoms with Crippen LogP contribution < -0.4 is 0 Å². The molecule has 0 amide bonds. The van der Waals surface area contributed by atoms with Crippen molar-refractivity contribution in [1.82, 2.24) is 0 Å². The predicted molar refractivity (Wildman–Crippen MR) is 56.1 cm³/mol. The van der Waals surface area contributed by atoms with Gasteiger partial charge in [-0.05, 0) is 13.0 Å². The molecule has 0 radical (unpaired) electrons. The Morgan fingerprint density at radius 3 is 2.56 bits per heavy atom. The molecule has 0 unspecified atom stereocenters. The largest absolute Gasteiger partial charge is 0.390 e. The number of aliphatic hydroxyl groups is 1. The van der Waals surface area contributed by atoms with Crippen molar-refractivity contribution in [2.75, 3.05) is 0 Å². The Balaban J connectivity index is 2.44. The van der Waals surface area contributed by atoms with Crippen molar-refractivity contribution in [2.24, 2.45) is 4.99 Å². The first-order valence-electron chi connectivity index (χ1n) is 5.06. The summed E-state index contributed by atoms with van der Waals surface area (Å²) in [6.45, 7) is 1.65. The van der Waals surface area contributed by atoms with Crippen molar-refractivity contribution in [3.05, 3.63) is 35.6 Å². The smallest absolute Gasteiger partial charge is 0.235 e. The third-order valence-corrected chi connectivity index (χ3v) is 2.98. The molecule has 4 heteroatoms. The lowest BCUT2D eigenvalue weighted by molar-refractivity contribution is -0.0737. The van der Waals surface area contributed by atoms with Crippen LogP contribution in [0.25, 0.3) is 0 Å². The minimum absolute atomic E-state index is 0.246. The molecular weight excluding hydrogens is 209 g/mol. The van der Waals surface area contributed by atoms with Crippen LogP contribution in [0.15, 0.2) is 29.3 Å². The topological polar surface area (TPSA) is 49.7 Å². The number of rotatable bonds is 2. The van der Waals surface area contributed by atoms with Gasteiger partial charge in [-0.15, -0.1) is 0 Å². The van der Waals surface area contributed by atoms with Gasteiger partial charge in [0, 0.05) is 18.4 Å². The first kappa shape index (κ1) is 11.0. The van der Waals surface area contributed by atoms with E-state index in [1.807, 2.05) is 0 Å². The lowest BCUT2D eigenvalue weighted by atomic mass is 9.63. The first-order chi connectivity index (χ1) is 7.49. The Labute approximate surface area is 92.6 Å². The van der Waals surface area contributed by atoms with Crippen LogP contribution in [0.3, 0.4) is 0 Å². The molecule has 0 saturated heterocycles. The molecule has 1 aliphatic rings. The Kier molecular flexibility index (Phi) is 2.41. The molecule has 16 heavy (non-hydrogen) atoms. The maximum Gasteiger partial charge on any atom is 0.235 e. The molecule has 0 aliphatic heterocycles. The van der Waals surface area contributed by atoms with E-state index in [9.17, 15) is 14.3 Å². The summed E-state index contributed by atoms with van der Waals surface area (Å²) >= 11 is 0. The molecule has 1 aromatic carbocycles. The normalized spacial score (nSPS) is 32.7. The number of benzene rings is 1. The van der Waals surface area contributed by atoms with Gasteiger partial charge in [0.25, 0.3) is 0 Å². The summed E-state index contributed by atoms with van der Waals surface area (Å²) in [5.74, 6) is -0.406. The maximum absolute atomic E-state index is 13.6. The van der Waals surface area contributed by atoms with Crippen molar-refractivity contribution in [1.29, 1.82) is 0 Å². The standard InChI is InChI=1S/C12H12FNO2/c1-11(16)6-12(7-11,14-8-15)9-4-2-3-5-10(9)13/h2-5,16H,6-7H2,1H3. The summed E-state index contributed by atoms with van der Waals surface area (Å²) in [6, 6.07) is 6.18. The highest BCUT2D eigenvalue weighted by Gasteiger charge is 2.53. The van der Waals surface area contributed by atoms with Crippen LogP contribution >= 0.6 is 0 Å². The zero-order chi connectivity index (χ0) is 11.8. The van der Waals surface area contributed by atoms with Crippen LogP contribution in [0.1, 0.15) is 25.3 Å². The van der Waals surface area contributed by atoms with Crippen molar-refractivity contribution < 1.29 is 14.3 Å². The van der Waals surface area contributed by atoms with E-state index in [1.54, 1.807) is 25.1 Å². The molecule has 2 rings (SSSR count). The molecule has 1 aliphatic carbocycles. The fourth-order valence-electron chi connectivity index (χ4n) is 2.46. The average Bonchev–Trinajstić information content (AvgIpc) is 2.15. The van der Waals surface area contributed by atoms with E-state index >= 15 is 0 Å². The second-order valence-electron chi connectivity index (χ2n) is 4.57. The van der Waals surface area contributed by atoms with Gasteiger partial charge in [-0.25, -0.2) is 9.18 Å². The van der Waals surface area contributed by atoms with Gasteiger partial charge in [0.1, 0.15) is 11.4 Å². The molecule has 0 atom stereocenters. The zero-order valence-corrected chi connectivity index (χ0v) is 8.90. The Morgan fingerprint density at radius 1 is 1.44 bits per heavy atom. The monoisotopic (exact) mass is 221 g/mol. The summed E-state index contributed by atoms with van der Waals surface area (Å²) in [6.07, 6.45) is 1.96. The molecule has 0 heterocycles. The minimum Gasteiger partial charge on any atom is -0.390 e. The van der Waals surface area contributed by atoms with Gasteiger partial charge >= 0.3 is 0 Å². The molecular formula is C12H12FNO2. The van der Waals surface area contributed by atoms with Crippen LogP contribution in [0.5, 0.6) is 0 Å². The molecule has 1 fully saturated rings. The molecule has 0 aromatic heterocycles. The number of isocyanates is 1. The van der Waals surface area contributed by atoms with Crippen LogP contribution in [0.2, 0.25) is 0 Å². The van der Waals surface area contributed by atoms with Crippen molar-refractivity contribution in [2.45, 2.75) is 30.9 Å². The van der Waals surface area contributed by atoms with Crippen molar-refractivity contribution in [3.8, 4) is 0 Å². The van der Waals surface area contributed by atoms with Gasteiger partial charge in [-0.1, -0.05) is 18.2 Å². The van der Waals surface area contributed by atoms with E-state index in [4.69, 9.17) is 0 Å². The van der Waals surface area contributed by atoms with E-state index in [1.165, 1.54) is 12.1 Å². The van der Waals surface area contributed by atoms with Gasteiger partial charge < -0.3 is 5.11 Å². The molecule has 3 nitrogen and oxygen atoms in total. The number of carbonyl (C=O) groups excluding carboxylic acids is 1. The fraction of sp³-hybridized carbons (Fsp3) is 0.417. The van der Waals surface area contributed by atoms with E-state index < -0.39 is 17.0 Å². The van der Waals surface area contributed by atoms with Crippen LogP contribution in [0.4, 0.5) is 4.39 Å². The lowest BCUT2D eigenvalue weighted by Crippen LogP contribution is -2.52. The molecule has 1 N–H and O–H groups in total. The van der Waals surface area contributed by atoms with E-state index in [-0.39, 0.29) is 12.8 Å². The van der Waals surface area contributed by atoms with Crippen molar-refractivity contribution in [3.63, 3.8) is 0 Å². The maximum atomic E-state index is 13.6. The third kappa shape index (κ3) is 1.66. The Hall–Kier alpha value is -1.51. The number of aliphatic imine (C=N–C) groups is 1. The summed E-state index contributed by atoms with van der Waals surface area (Å²) in [5, 5.41) is 9.72. The molecule has 0 bridgehead atoms. The van der Waals surface area contributed by atoms with Gasteiger partial charge in [0.05, 0.1) is 5.60 Å². The minimum atomic E-state index is -0.934. The highest BCUT2D eigenvalue weighted by Crippen LogP contribution is 2.51. The van der Waals surface area contributed by atoms with E-state index in [0.717, 1.165) is 0 Å². The molecule has 0 spiro atoms. The second kappa shape index (κ2) is 3.51. The Bertz CT molecular complexity index is 456. The van der Waals surface area contributed by atoms with Crippen molar-refractivity contribution >= 4 is 6.08 Å². The first-order valence-corrected chi connectivity index (χ1v) is 5.06. The summed E-state index contributed by atoms with van der Waals surface area (Å²) in [4.78, 5) is 14.1. The zero-order valence-electron chi connectivity index (χ0n) is 8.90. The Morgan fingerprint density at radius 2 is 2.06 bits per heavy atom. The molecule has 1 saturated carbocycles. The number of nitrogens with zero attached hydrogens (tertiary/aromatic N) is 1. The SMILES string of the molecule is CC1(O)CC(N=C=O)(c2ccccc2F)C1. The van der Waals surface area contributed by atoms with Crippen LogP contribution in [-0.2, 0) is 10.3 Å². The summed E-state index contributed by atoms with van der Waals surface area (Å²) in [7, 11) is 0. The second-order valence-corrected chi connectivity index (χ2v) is 4.57. The lowest BCUT2D eigenvalue weighted by Gasteiger charge is -2.48. The highest BCUT2D eigenvalue weighted by atomic mass is 19.1. The van der Waals surface area contributed by atoms with E-state index in [0.29, 0.717) is 5.56 Å². The van der Waals surface area contributed by atoms with E-state index in [2.05, 4.69) is 4.99 Å². The number of hydrogen-bond donors (Lipinski definition) is 1. The molecule has 84 valence electrons. The van der Waals surface area contributed by atoms with Gasteiger partial charge in [-0.2, -0.15) is 4.99 Å².